The Kier molecular flexibility index (Phi) is 4.88. The van der Waals surface area contributed by atoms with Crippen LogP contribution >= 0.6 is 0 Å². The predicted molar refractivity (Wildman–Crippen MR) is 109 cm³/mol. The molecule has 158 valence electrons. The number of amides is 1. The Morgan fingerprint density at radius 3 is 2.67 bits per heavy atom. The maximum atomic E-state index is 12.4. The number of piperazine rings is 1. The molecule has 1 N–H and O–H groups in total. The van der Waals surface area contributed by atoms with E-state index in [4.69, 9.17) is 4.74 Å². The summed E-state index contributed by atoms with van der Waals surface area (Å²) in [5.74, 6) is 1.15. The maximum absolute atomic E-state index is 12.4. The summed E-state index contributed by atoms with van der Waals surface area (Å²) in [6.45, 7) is 6.67. The number of ether oxygens (including phenoxy) is 1. The van der Waals surface area contributed by atoms with E-state index in [-0.39, 0.29) is 29.7 Å². The van der Waals surface area contributed by atoms with Crippen LogP contribution in [0.2, 0.25) is 0 Å². The van der Waals surface area contributed by atoms with Crippen molar-refractivity contribution in [1.82, 2.24) is 19.9 Å². The van der Waals surface area contributed by atoms with Crippen molar-refractivity contribution in [3.63, 3.8) is 0 Å². The highest BCUT2D eigenvalue weighted by molar-refractivity contribution is 5.71. The predicted octanol–water partition coefficient (Wildman–Crippen LogP) is 2.72. The molecule has 1 amide bonds. The molecular weight excluding hydrogens is 390 g/mol. The van der Waals surface area contributed by atoms with Gasteiger partial charge in [-0.05, 0) is 39.3 Å². The minimum atomic E-state index is -0.542. The average molecular weight is 413 g/mol. The second kappa shape index (κ2) is 7.39. The number of aromatic nitrogens is 3. The molecule has 2 fully saturated rings. The normalized spacial score (nSPS) is 20.4. The number of carbonyl (C=O) groups is 1. The van der Waals surface area contributed by atoms with Gasteiger partial charge in [-0.25, -0.2) is 19.7 Å². The molecule has 4 rings (SSSR count). The van der Waals surface area contributed by atoms with Crippen molar-refractivity contribution in [2.75, 3.05) is 23.3 Å². The van der Waals surface area contributed by atoms with E-state index in [2.05, 4.69) is 25.2 Å². The molecule has 0 unspecified atom stereocenters. The lowest BCUT2D eigenvalue weighted by Gasteiger charge is -2.35. The number of pyridine rings is 1. The van der Waals surface area contributed by atoms with Crippen LogP contribution in [0.1, 0.15) is 27.2 Å². The Labute approximate surface area is 173 Å². The van der Waals surface area contributed by atoms with Gasteiger partial charge in [-0.3, -0.25) is 10.1 Å². The molecule has 0 saturated carbocycles. The Bertz CT molecular complexity index is 963. The van der Waals surface area contributed by atoms with Gasteiger partial charge in [0.05, 0.1) is 17.0 Å². The number of carbonyl (C=O) groups excluding carboxylic acids is 1. The minimum Gasteiger partial charge on any atom is -0.444 e. The van der Waals surface area contributed by atoms with Gasteiger partial charge in [0.2, 0.25) is 5.82 Å². The average Bonchev–Trinajstić information content (AvgIpc) is 3.28. The third-order valence-electron chi connectivity index (χ3n) is 5.05. The van der Waals surface area contributed by atoms with E-state index in [1.54, 1.807) is 17.0 Å². The Morgan fingerprint density at radius 1 is 1.27 bits per heavy atom. The first-order valence-corrected chi connectivity index (χ1v) is 9.66. The quantitative estimate of drug-likeness (QED) is 0.594. The molecule has 4 heterocycles. The second-order valence-electron chi connectivity index (χ2n) is 8.34. The lowest BCUT2D eigenvalue weighted by atomic mass is 10.2. The van der Waals surface area contributed by atoms with Gasteiger partial charge in [-0.15, -0.1) is 0 Å². The molecule has 2 bridgehead atoms. The monoisotopic (exact) mass is 413 g/mol. The van der Waals surface area contributed by atoms with Crippen LogP contribution in [0, 0.1) is 10.1 Å². The third kappa shape index (κ3) is 3.95. The molecule has 11 heteroatoms. The van der Waals surface area contributed by atoms with E-state index >= 15 is 0 Å². The highest BCUT2D eigenvalue weighted by Crippen LogP contribution is 2.36. The number of hydrogen-bond acceptors (Lipinski definition) is 9. The van der Waals surface area contributed by atoms with Crippen LogP contribution in [-0.2, 0) is 4.74 Å². The number of nitrogens with zero attached hydrogens (tertiary/aromatic N) is 6. The Balaban J connectivity index is 1.53. The summed E-state index contributed by atoms with van der Waals surface area (Å²) in [7, 11) is 0. The first-order chi connectivity index (χ1) is 14.2. The lowest BCUT2D eigenvalue weighted by Crippen LogP contribution is -2.50. The van der Waals surface area contributed by atoms with Crippen molar-refractivity contribution in [3.8, 4) is 0 Å². The van der Waals surface area contributed by atoms with Gasteiger partial charge in [0.1, 0.15) is 23.6 Å². The number of fused-ring (bicyclic) bond motifs is 2. The number of hydrogen-bond donors (Lipinski definition) is 1. The van der Waals surface area contributed by atoms with Crippen molar-refractivity contribution in [1.29, 1.82) is 0 Å². The van der Waals surface area contributed by atoms with E-state index in [1.165, 1.54) is 18.6 Å². The lowest BCUT2D eigenvalue weighted by molar-refractivity contribution is -0.384. The van der Waals surface area contributed by atoms with Crippen LogP contribution in [0.5, 0.6) is 0 Å². The minimum absolute atomic E-state index is 0.0279. The van der Waals surface area contributed by atoms with Gasteiger partial charge < -0.3 is 19.9 Å². The van der Waals surface area contributed by atoms with Gasteiger partial charge in [0.25, 0.3) is 0 Å². The van der Waals surface area contributed by atoms with Crippen LogP contribution < -0.4 is 10.2 Å². The highest BCUT2D eigenvalue weighted by Gasteiger charge is 2.47. The first-order valence-electron chi connectivity index (χ1n) is 9.66. The SMILES string of the molecule is CC(C)(C)OC(=O)N1C[C@H]2C[C@@H]1CN2c1ccc([N+](=O)[O-])c(Nc2ccncn2)n1. The molecule has 2 aromatic rings. The standard InChI is InChI=1S/C19H23N7O4/c1-19(2,3)30-18(27)25-10-12-8-13(25)9-24(12)16-5-4-14(26(28)29)17(23-16)22-15-6-7-20-11-21-15/h4-7,11-13H,8-10H2,1-3H3,(H,20,21,22,23)/t12-,13-/m1/s1. The number of nitro groups is 1. The molecule has 2 aliphatic rings. The summed E-state index contributed by atoms with van der Waals surface area (Å²) in [5, 5.41) is 14.3. The second-order valence-corrected chi connectivity index (χ2v) is 8.34. The summed E-state index contributed by atoms with van der Waals surface area (Å²) in [6.07, 6.45) is 3.39. The van der Waals surface area contributed by atoms with Crippen molar-refractivity contribution >= 4 is 29.2 Å². The molecule has 2 aliphatic heterocycles. The van der Waals surface area contributed by atoms with Crippen molar-refractivity contribution in [2.24, 2.45) is 0 Å². The zero-order valence-electron chi connectivity index (χ0n) is 17.0. The summed E-state index contributed by atoms with van der Waals surface area (Å²) >= 11 is 0. The largest absolute Gasteiger partial charge is 0.444 e. The van der Waals surface area contributed by atoms with Crippen molar-refractivity contribution in [3.05, 3.63) is 40.8 Å². The van der Waals surface area contributed by atoms with E-state index in [1.807, 2.05) is 20.8 Å². The first kappa shape index (κ1) is 19.8. The molecule has 0 aromatic carbocycles. The smallest absolute Gasteiger partial charge is 0.410 e. The Morgan fingerprint density at radius 2 is 2.07 bits per heavy atom. The van der Waals surface area contributed by atoms with Gasteiger partial charge in [0, 0.05) is 25.4 Å². The fourth-order valence-electron chi connectivity index (χ4n) is 3.82. The number of anilines is 3. The number of nitrogens with one attached hydrogen (secondary N) is 1. The molecule has 2 atom stereocenters. The van der Waals surface area contributed by atoms with Crippen LogP contribution in [0.15, 0.2) is 30.7 Å². The molecule has 0 radical (unpaired) electrons. The topological polar surface area (TPSA) is 127 Å². The van der Waals surface area contributed by atoms with Crippen molar-refractivity contribution < 1.29 is 14.5 Å². The van der Waals surface area contributed by atoms with Gasteiger partial charge in [-0.1, -0.05) is 0 Å². The Hall–Kier alpha value is -3.50. The molecular formula is C19H23N7O4. The maximum Gasteiger partial charge on any atom is 0.410 e. The molecule has 30 heavy (non-hydrogen) atoms. The summed E-state index contributed by atoms with van der Waals surface area (Å²) in [5.41, 5.74) is -0.683. The summed E-state index contributed by atoms with van der Waals surface area (Å²) in [4.78, 5) is 39.6. The fourth-order valence-corrected chi connectivity index (χ4v) is 3.82. The van der Waals surface area contributed by atoms with Crippen LogP contribution in [-0.4, -0.2) is 61.6 Å². The van der Waals surface area contributed by atoms with Gasteiger partial charge in [0.15, 0.2) is 0 Å². The molecule has 11 nitrogen and oxygen atoms in total. The molecule has 0 spiro atoms. The number of likely N-dealkylation sites (tertiary alicyclic amines) is 1. The van der Waals surface area contributed by atoms with Crippen LogP contribution in [0.4, 0.5) is 27.9 Å². The fraction of sp³-hybridized carbons (Fsp3) is 0.474. The van der Waals surface area contributed by atoms with Gasteiger partial charge >= 0.3 is 11.8 Å². The molecule has 2 saturated heterocycles. The number of rotatable bonds is 4. The van der Waals surface area contributed by atoms with E-state index in [0.29, 0.717) is 24.7 Å². The van der Waals surface area contributed by atoms with E-state index < -0.39 is 10.5 Å². The molecule has 2 aromatic heterocycles. The molecule has 0 aliphatic carbocycles. The van der Waals surface area contributed by atoms with Gasteiger partial charge in [-0.2, -0.15) is 0 Å². The van der Waals surface area contributed by atoms with E-state index in [9.17, 15) is 14.9 Å². The summed E-state index contributed by atoms with van der Waals surface area (Å²) in [6, 6.07) is 4.79. The van der Waals surface area contributed by atoms with Crippen LogP contribution in [0.3, 0.4) is 0 Å². The van der Waals surface area contributed by atoms with Crippen LogP contribution in [0.25, 0.3) is 0 Å². The zero-order valence-corrected chi connectivity index (χ0v) is 17.0. The summed E-state index contributed by atoms with van der Waals surface area (Å²) < 4.78 is 5.50. The third-order valence-corrected chi connectivity index (χ3v) is 5.05. The zero-order chi connectivity index (χ0) is 21.5. The highest BCUT2D eigenvalue weighted by atomic mass is 16.6. The van der Waals surface area contributed by atoms with E-state index in [0.717, 1.165) is 6.42 Å². The van der Waals surface area contributed by atoms with Crippen molar-refractivity contribution in [2.45, 2.75) is 44.9 Å².